The maximum absolute atomic E-state index is 12.5. The van der Waals surface area contributed by atoms with Crippen molar-refractivity contribution < 1.29 is 9.53 Å². The van der Waals surface area contributed by atoms with Crippen molar-refractivity contribution in [1.82, 2.24) is 24.8 Å². The molecule has 7 nitrogen and oxygen atoms in total. The Labute approximate surface area is 140 Å². The zero-order valence-corrected chi connectivity index (χ0v) is 13.5. The second-order valence-corrected chi connectivity index (χ2v) is 7.20. The normalized spacial score (nSPS) is 30.4. The predicted molar refractivity (Wildman–Crippen MR) is 86.7 cm³/mol. The fourth-order valence-corrected chi connectivity index (χ4v) is 3.98. The molecular formula is C17H21N5O2. The minimum atomic E-state index is -0.0445. The van der Waals surface area contributed by atoms with E-state index in [1.165, 1.54) is 19.2 Å². The van der Waals surface area contributed by atoms with Crippen LogP contribution in [0.3, 0.4) is 0 Å². The maximum atomic E-state index is 12.5. The third-order valence-electron chi connectivity index (χ3n) is 5.46. The summed E-state index contributed by atoms with van der Waals surface area (Å²) in [6.45, 7) is 2.75. The van der Waals surface area contributed by atoms with Crippen molar-refractivity contribution in [3.8, 4) is 0 Å². The van der Waals surface area contributed by atoms with Crippen LogP contribution in [0.15, 0.2) is 24.7 Å². The van der Waals surface area contributed by atoms with Crippen molar-refractivity contribution in [2.45, 2.75) is 37.5 Å². The van der Waals surface area contributed by atoms with Crippen molar-refractivity contribution in [2.24, 2.45) is 5.92 Å². The third-order valence-corrected chi connectivity index (χ3v) is 5.46. The summed E-state index contributed by atoms with van der Waals surface area (Å²) in [6, 6.07) is 4.25. The van der Waals surface area contributed by atoms with Gasteiger partial charge in [-0.2, -0.15) is 5.10 Å². The van der Waals surface area contributed by atoms with Crippen LogP contribution in [0.5, 0.6) is 0 Å². The summed E-state index contributed by atoms with van der Waals surface area (Å²) in [7, 11) is 0. The van der Waals surface area contributed by atoms with Crippen LogP contribution in [0.25, 0.3) is 5.65 Å². The van der Waals surface area contributed by atoms with Gasteiger partial charge in [0, 0.05) is 31.4 Å². The minimum Gasteiger partial charge on any atom is -0.375 e. The summed E-state index contributed by atoms with van der Waals surface area (Å²) < 4.78 is 7.65. The second-order valence-electron chi connectivity index (χ2n) is 7.20. The highest BCUT2D eigenvalue weighted by Gasteiger charge is 2.42. The van der Waals surface area contributed by atoms with E-state index < -0.39 is 0 Å². The fraction of sp³-hybridized carbons (Fsp3) is 0.588. The van der Waals surface area contributed by atoms with E-state index in [2.05, 4.69) is 20.3 Å². The molecule has 0 aromatic carbocycles. The van der Waals surface area contributed by atoms with E-state index in [1.807, 2.05) is 6.07 Å². The molecule has 1 N–H and O–H groups in total. The lowest BCUT2D eigenvalue weighted by Gasteiger charge is -2.35. The van der Waals surface area contributed by atoms with Gasteiger partial charge in [0.1, 0.15) is 6.33 Å². The molecule has 2 aliphatic heterocycles. The number of nitrogens with zero attached hydrogens (tertiary/aromatic N) is 4. The van der Waals surface area contributed by atoms with E-state index >= 15 is 0 Å². The van der Waals surface area contributed by atoms with Gasteiger partial charge in [0.05, 0.1) is 18.3 Å². The summed E-state index contributed by atoms with van der Waals surface area (Å²) in [4.78, 5) is 19.1. The lowest BCUT2D eigenvalue weighted by atomic mass is 10.1. The van der Waals surface area contributed by atoms with Crippen molar-refractivity contribution in [3.05, 3.63) is 30.2 Å². The molecule has 2 aromatic rings. The molecule has 3 aliphatic rings. The smallest absolute Gasteiger partial charge is 0.253 e. The fourth-order valence-electron chi connectivity index (χ4n) is 3.98. The molecule has 7 heteroatoms. The largest absolute Gasteiger partial charge is 0.375 e. The molecule has 5 rings (SSSR count). The first-order chi connectivity index (χ1) is 11.8. The lowest BCUT2D eigenvalue weighted by Crippen LogP contribution is -2.47. The minimum absolute atomic E-state index is 0.0445. The van der Waals surface area contributed by atoms with Crippen LogP contribution in [-0.4, -0.2) is 63.3 Å². The van der Waals surface area contributed by atoms with Crippen molar-refractivity contribution in [1.29, 1.82) is 0 Å². The first-order valence-corrected chi connectivity index (χ1v) is 8.72. The molecule has 0 radical (unpaired) electrons. The zero-order valence-electron chi connectivity index (χ0n) is 13.5. The highest BCUT2D eigenvalue weighted by molar-refractivity contribution is 5.94. The van der Waals surface area contributed by atoms with Gasteiger partial charge in [-0.25, -0.2) is 9.50 Å². The van der Waals surface area contributed by atoms with Gasteiger partial charge in [0.2, 0.25) is 0 Å². The Balaban J connectivity index is 1.24. The summed E-state index contributed by atoms with van der Waals surface area (Å²) in [5, 5.41) is 7.25. The van der Waals surface area contributed by atoms with E-state index in [-0.39, 0.29) is 11.9 Å². The molecule has 0 unspecified atom stereocenters. The average Bonchev–Trinajstić information content (AvgIpc) is 3.20. The number of morpholine rings is 1. The number of fused-ring (bicyclic) bond motifs is 2. The summed E-state index contributed by atoms with van der Waals surface area (Å²) in [6.07, 6.45) is 7.22. The summed E-state index contributed by atoms with van der Waals surface area (Å²) in [5.41, 5.74) is 1.36. The number of pyridine rings is 1. The highest BCUT2D eigenvalue weighted by Crippen LogP contribution is 2.37. The number of hydrogen-bond donors (Lipinski definition) is 1. The molecule has 0 bridgehead atoms. The van der Waals surface area contributed by atoms with Gasteiger partial charge in [-0.3, -0.25) is 9.69 Å². The zero-order chi connectivity index (χ0) is 16.1. The van der Waals surface area contributed by atoms with Gasteiger partial charge in [-0.05, 0) is 37.3 Å². The third kappa shape index (κ3) is 2.57. The number of carbonyl (C=O) groups is 1. The molecule has 0 spiro atoms. The Morgan fingerprint density at radius 3 is 3.08 bits per heavy atom. The highest BCUT2D eigenvalue weighted by atomic mass is 16.5. The second kappa shape index (κ2) is 5.53. The molecule has 24 heavy (non-hydrogen) atoms. The van der Waals surface area contributed by atoms with Gasteiger partial charge < -0.3 is 10.1 Å². The molecule has 4 heterocycles. The van der Waals surface area contributed by atoms with Gasteiger partial charge in [-0.15, -0.1) is 0 Å². The van der Waals surface area contributed by atoms with Crippen LogP contribution in [0.4, 0.5) is 0 Å². The standard InChI is InChI=1S/C17H21N5O2/c23-17(12-3-4-16-18-10-19-22(16)6-12)20-13-5-14-9-24-15(11-1-2-11)8-21(14)7-13/h3-4,6,10-11,13-15H,1-2,5,7-9H2,(H,20,23)/t13-,14+,15-/m1/s1. The Kier molecular flexibility index (Phi) is 3.31. The predicted octanol–water partition coefficient (Wildman–Crippen LogP) is 0.711. The Morgan fingerprint density at radius 1 is 1.29 bits per heavy atom. The molecular weight excluding hydrogens is 306 g/mol. The van der Waals surface area contributed by atoms with Crippen molar-refractivity contribution in [3.63, 3.8) is 0 Å². The molecule has 3 fully saturated rings. The number of amides is 1. The van der Waals surface area contributed by atoms with Gasteiger partial charge in [0.15, 0.2) is 5.65 Å². The number of hydrogen-bond acceptors (Lipinski definition) is 5. The van der Waals surface area contributed by atoms with E-state index in [0.717, 1.165) is 37.7 Å². The SMILES string of the molecule is O=C(N[C@@H]1C[C@H]2CO[C@@H](C3CC3)CN2C1)c1ccc2ncnn2c1. The number of aromatic nitrogens is 3. The molecule has 2 aromatic heterocycles. The monoisotopic (exact) mass is 327 g/mol. The maximum Gasteiger partial charge on any atom is 0.253 e. The van der Waals surface area contributed by atoms with Gasteiger partial charge >= 0.3 is 0 Å². The van der Waals surface area contributed by atoms with Gasteiger partial charge in [0.25, 0.3) is 5.91 Å². The topological polar surface area (TPSA) is 71.8 Å². The Morgan fingerprint density at radius 2 is 2.21 bits per heavy atom. The van der Waals surface area contributed by atoms with Crippen LogP contribution in [0, 0.1) is 5.92 Å². The number of rotatable bonds is 3. The van der Waals surface area contributed by atoms with Crippen molar-refractivity contribution in [2.75, 3.05) is 19.7 Å². The summed E-state index contributed by atoms with van der Waals surface area (Å²) in [5.74, 6) is 0.728. The molecule has 126 valence electrons. The first-order valence-electron chi connectivity index (χ1n) is 8.72. The average molecular weight is 327 g/mol. The van der Waals surface area contributed by atoms with E-state index in [9.17, 15) is 4.79 Å². The first kappa shape index (κ1) is 14.4. The Hall–Kier alpha value is -1.99. The number of nitrogens with one attached hydrogen (secondary N) is 1. The number of carbonyl (C=O) groups excluding carboxylic acids is 1. The quantitative estimate of drug-likeness (QED) is 0.899. The molecule has 1 saturated carbocycles. The molecule has 1 aliphatic carbocycles. The molecule has 2 saturated heterocycles. The van der Waals surface area contributed by atoms with Crippen LogP contribution >= 0.6 is 0 Å². The van der Waals surface area contributed by atoms with Crippen LogP contribution in [0.1, 0.15) is 29.6 Å². The van der Waals surface area contributed by atoms with E-state index in [0.29, 0.717) is 17.7 Å². The van der Waals surface area contributed by atoms with Crippen molar-refractivity contribution >= 4 is 11.6 Å². The van der Waals surface area contributed by atoms with E-state index in [4.69, 9.17) is 4.74 Å². The van der Waals surface area contributed by atoms with E-state index in [1.54, 1.807) is 16.8 Å². The van der Waals surface area contributed by atoms with Crippen LogP contribution < -0.4 is 5.32 Å². The summed E-state index contributed by atoms with van der Waals surface area (Å²) >= 11 is 0. The lowest BCUT2D eigenvalue weighted by molar-refractivity contribution is -0.0581. The van der Waals surface area contributed by atoms with Crippen LogP contribution in [-0.2, 0) is 4.74 Å². The molecule has 1 amide bonds. The van der Waals surface area contributed by atoms with Gasteiger partial charge in [-0.1, -0.05) is 0 Å². The van der Waals surface area contributed by atoms with Crippen LogP contribution in [0.2, 0.25) is 0 Å². The number of ether oxygens (including phenoxy) is 1. The Bertz CT molecular complexity index is 771. The molecule has 3 atom stereocenters.